The van der Waals surface area contributed by atoms with Gasteiger partial charge in [0.25, 0.3) is 0 Å². The van der Waals surface area contributed by atoms with Crippen LogP contribution in [-0.2, 0) is 4.79 Å². The number of hydrogen-bond acceptors (Lipinski definition) is 1. The average Bonchev–Trinajstić information content (AvgIpc) is 1.97. The van der Waals surface area contributed by atoms with Crippen LogP contribution in [0.4, 0.5) is 0 Å². The van der Waals surface area contributed by atoms with Gasteiger partial charge in [-0.1, -0.05) is 26.3 Å². The van der Waals surface area contributed by atoms with Gasteiger partial charge < -0.3 is 0 Å². The fourth-order valence-corrected chi connectivity index (χ4v) is 0.834. The topological polar surface area (TPSA) is 17.1 Å². The minimum absolute atomic E-state index is 0.147. The molecule has 0 radical (unpaired) electrons. The fourth-order valence-electron chi connectivity index (χ4n) is 0.834. The Labute approximate surface area is 69.5 Å². The maximum absolute atomic E-state index is 10.5. The molecule has 0 aromatic heterocycles. The first-order valence-electron chi connectivity index (χ1n) is 4.34. The predicted octanol–water partition coefficient (Wildman–Crippen LogP) is 2.96. The minimum Gasteiger partial charge on any atom is -0.295 e. The Kier molecular flexibility index (Phi) is 5.81. The lowest BCUT2D eigenvalue weighted by Crippen LogP contribution is -1.90. The van der Waals surface area contributed by atoms with Crippen LogP contribution in [0.25, 0.3) is 0 Å². The SMILES string of the molecule is CC[C@H](C)CC/C=C\C(C)=O. The molecule has 1 nitrogen and oxygen atoms in total. The zero-order chi connectivity index (χ0) is 8.69. The summed E-state index contributed by atoms with van der Waals surface area (Å²) >= 11 is 0. The third kappa shape index (κ3) is 7.31. The van der Waals surface area contributed by atoms with Gasteiger partial charge in [-0.25, -0.2) is 0 Å². The molecular formula is C10H18O. The summed E-state index contributed by atoms with van der Waals surface area (Å²) in [7, 11) is 0. The van der Waals surface area contributed by atoms with E-state index in [1.165, 1.54) is 12.8 Å². The Morgan fingerprint density at radius 3 is 2.64 bits per heavy atom. The molecular weight excluding hydrogens is 136 g/mol. The molecule has 0 bridgehead atoms. The van der Waals surface area contributed by atoms with E-state index < -0.39 is 0 Å². The molecule has 1 atom stereocenters. The van der Waals surface area contributed by atoms with E-state index in [0.717, 1.165) is 12.3 Å². The first-order valence-corrected chi connectivity index (χ1v) is 4.34. The van der Waals surface area contributed by atoms with Crippen molar-refractivity contribution in [1.82, 2.24) is 0 Å². The second-order valence-corrected chi connectivity index (χ2v) is 3.10. The lowest BCUT2D eigenvalue weighted by Gasteiger charge is -2.03. The van der Waals surface area contributed by atoms with Crippen LogP contribution in [0.5, 0.6) is 0 Å². The summed E-state index contributed by atoms with van der Waals surface area (Å²) in [5.74, 6) is 0.931. The standard InChI is InChI=1S/C10H18O/c1-4-9(2)7-5-6-8-10(3)11/h6,8-9H,4-5,7H2,1-3H3/b8-6-/t9-/m0/s1. The molecule has 64 valence electrons. The van der Waals surface area contributed by atoms with Gasteiger partial charge in [-0.05, 0) is 31.8 Å². The van der Waals surface area contributed by atoms with Gasteiger partial charge >= 0.3 is 0 Å². The number of ketones is 1. The molecule has 0 aliphatic heterocycles. The summed E-state index contributed by atoms with van der Waals surface area (Å²) in [6, 6.07) is 0. The maximum Gasteiger partial charge on any atom is 0.152 e. The number of rotatable bonds is 5. The maximum atomic E-state index is 10.5. The van der Waals surface area contributed by atoms with Crippen molar-refractivity contribution in [3.8, 4) is 0 Å². The van der Waals surface area contributed by atoms with Crippen molar-refractivity contribution < 1.29 is 4.79 Å². The molecule has 1 heteroatoms. The Bertz CT molecular complexity index is 136. The quantitative estimate of drug-likeness (QED) is 0.556. The van der Waals surface area contributed by atoms with Crippen LogP contribution < -0.4 is 0 Å². The van der Waals surface area contributed by atoms with Crippen LogP contribution in [0, 0.1) is 5.92 Å². The third-order valence-corrected chi connectivity index (χ3v) is 1.88. The van der Waals surface area contributed by atoms with Gasteiger partial charge in [0.05, 0.1) is 0 Å². The Balaban J connectivity index is 3.33. The first-order chi connectivity index (χ1) is 5.16. The van der Waals surface area contributed by atoms with Gasteiger partial charge in [0.15, 0.2) is 5.78 Å². The van der Waals surface area contributed by atoms with Gasteiger partial charge in [-0.15, -0.1) is 0 Å². The molecule has 0 heterocycles. The Hall–Kier alpha value is -0.590. The van der Waals surface area contributed by atoms with Gasteiger partial charge in [0, 0.05) is 0 Å². The predicted molar refractivity (Wildman–Crippen MR) is 48.5 cm³/mol. The summed E-state index contributed by atoms with van der Waals surface area (Å²) < 4.78 is 0. The van der Waals surface area contributed by atoms with E-state index in [2.05, 4.69) is 13.8 Å². The van der Waals surface area contributed by atoms with Crippen molar-refractivity contribution in [2.45, 2.75) is 40.0 Å². The Morgan fingerprint density at radius 1 is 1.55 bits per heavy atom. The molecule has 0 saturated heterocycles. The molecule has 0 N–H and O–H groups in total. The van der Waals surface area contributed by atoms with Crippen molar-refractivity contribution in [3.63, 3.8) is 0 Å². The largest absolute Gasteiger partial charge is 0.295 e. The molecule has 11 heavy (non-hydrogen) atoms. The first kappa shape index (κ1) is 10.4. The molecule has 0 spiro atoms. The highest BCUT2D eigenvalue weighted by molar-refractivity contribution is 5.87. The minimum atomic E-state index is 0.147. The highest BCUT2D eigenvalue weighted by Gasteiger charge is 1.94. The Morgan fingerprint density at radius 2 is 2.18 bits per heavy atom. The van der Waals surface area contributed by atoms with E-state index in [1.54, 1.807) is 13.0 Å². The van der Waals surface area contributed by atoms with Crippen LogP contribution in [0.3, 0.4) is 0 Å². The zero-order valence-electron chi connectivity index (χ0n) is 7.76. The molecule has 0 fully saturated rings. The highest BCUT2D eigenvalue weighted by atomic mass is 16.1. The summed E-state index contributed by atoms with van der Waals surface area (Å²) in [4.78, 5) is 10.5. The third-order valence-electron chi connectivity index (χ3n) is 1.88. The molecule has 0 unspecified atom stereocenters. The molecule has 0 aromatic rings. The lowest BCUT2D eigenvalue weighted by atomic mass is 10.0. The van der Waals surface area contributed by atoms with Crippen molar-refractivity contribution in [2.24, 2.45) is 5.92 Å². The van der Waals surface area contributed by atoms with Crippen molar-refractivity contribution in [1.29, 1.82) is 0 Å². The summed E-state index contributed by atoms with van der Waals surface area (Å²) in [6.45, 7) is 6.01. The van der Waals surface area contributed by atoms with Crippen LogP contribution in [0.2, 0.25) is 0 Å². The average molecular weight is 154 g/mol. The van der Waals surface area contributed by atoms with Crippen LogP contribution in [0.1, 0.15) is 40.0 Å². The van der Waals surface area contributed by atoms with E-state index in [4.69, 9.17) is 0 Å². The van der Waals surface area contributed by atoms with E-state index in [9.17, 15) is 4.79 Å². The molecule has 0 aromatic carbocycles. The second-order valence-electron chi connectivity index (χ2n) is 3.10. The van der Waals surface area contributed by atoms with Crippen molar-refractivity contribution in [2.75, 3.05) is 0 Å². The second kappa shape index (κ2) is 6.14. The van der Waals surface area contributed by atoms with Crippen LogP contribution >= 0.6 is 0 Å². The molecule has 0 saturated carbocycles. The van der Waals surface area contributed by atoms with Crippen molar-refractivity contribution >= 4 is 5.78 Å². The smallest absolute Gasteiger partial charge is 0.152 e. The number of carbonyl (C=O) groups excluding carboxylic acids is 1. The molecule has 0 aliphatic rings. The summed E-state index contributed by atoms with van der Waals surface area (Å²) in [5.41, 5.74) is 0. The van der Waals surface area contributed by atoms with Crippen molar-refractivity contribution in [3.05, 3.63) is 12.2 Å². The normalized spacial score (nSPS) is 13.7. The van der Waals surface area contributed by atoms with Gasteiger partial charge in [0.2, 0.25) is 0 Å². The van der Waals surface area contributed by atoms with E-state index in [1.807, 2.05) is 6.08 Å². The number of allylic oxidation sites excluding steroid dienone is 2. The highest BCUT2D eigenvalue weighted by Crippen LogP contribution is 2.09. The fraction of sp³-hybridized carbons (Fsp3) is 0.700. The van der Waals surface area contributed by atoms with Gasteiger partial charge in [-0.3, -0.25) is 4.79 Å². The monoisotopic (exact) mass is 154 g/mol. The van der Waals surface area contributed by atoms with Gasteiger partial charge in [0.1, 0.15) is 0 Å². The van der Waals surface area contributed by atoms with Crippen LogP contribution in [-0.4, -0.2) is 5.78 Å². The van der Waals surface area contributed by atoms with E-state index >= 15 is 0 Å². The number of carbonyl (C=O) groups is 1. The van der Waals surface area contributed by atoms with Crippen LogP contribution in [0.15, 0.2) is 12.2 Å². The molecule has 0 amide bonds. The van der Waals surface area contributed by atoms with E-state index in [-0.39, 0.29) is 5.78 Å². The lowest BCUT2D eigenvalue weighted by molar-refractivity contribution is -0.112. The number of hydrogen-bond donors (Lipinski definition) is 0. The zero-order valence-corrected chi connectivity index (χ0v) is 7.76. The summed E-state index contributed by atoms with van der Waals surface area (Å²) in [6.07, 6.45) is 7.08. The molecule has 0 aliphatic carbocycles. The summed E-state index contributed by atoms with van der Waals surface area (Å²) in [5, 5.41) is 0. The van der Waals surface area contributed by atoms with Gasteiger partial charge in [-0.2, -0.15) is 0 Å². The molecule has 0 rings (SSSR count). The van der Waals surface area contributed by atoms with E-state index in [0.29, 0.717) is 0 Å².